The summed E-state index contributed by atoms with van der Waals surface area (Å²) < 4.78 is 5.82. The molecule has 1 fully saturated rings. The standard InChI is InChI=1S/C13H18ClNO2/c1-9-2-4-10(5-3-9)17-13-7-6-11(14)12(8-16)15-13/h6-7,9-10,16H,2-5,8H2,1H3. The van der Waals surface area contributed by atoms with Crippen molar-refractivity contribution in [2.24, 2.45) is 5.92 Å². The van der Waals surface area contributed by atoms with Gasteiger partial charge in [0.1, 0.15) is 6.10 Å². The molecule has 0 unspecified atom stereocenters. The predicted octanol–water partition coefficient (Wildman–Crippen LogP) is 3.18. The third-order valence-corrected chi connectivity index (χ3v) is 3.64. The molecule has 94 valence electrons. The monoisotopic (exact) mass is 255 g/mol. The Bertz CT molecular complexity index is 376. The fraction of sp³-hybridized carbons (Fsp3) is 0.615. The largest absolute Gasteiger partial charge is 0.474 e. The van der Waals surface area contributed by atoms with Gasteiger partial charge in [0.25, 0.3) is 0 Å². The molecule has 1 saturated carbocycles. The maximum absolute atomic E-state index is 9.08. The second-order valence-corrected chi connectivity index (χ2v) is 5.14. The van der Waals surface area contributed by atoms with Crippen molar-refractivity contribution in [2.45, 2.75) is 45.3 Å². The number of aliphatic hydroxyl groups excluding tert-OH is 1. The van der Waals surface area contributed by atoms with Gasteiger partial charge < -0.3 is 9.84 Å². The van der Waals surface area contributed by atoms with E-state index in [-0.39, 0.29) is 12.7 Å². The Morgan fingerprint density at radius 1 is 1.35 bits per heavy atom. The van der Waals surface area contributed by atoms with E-state index in [1.807, 2.05) is 0 Å². The molecule has 0 saturated heterocycles. The Labute approximate surface area is 107 Å². The molecule has 0 bridgehead atoms. The fourth-order valence-electron chi connectivity index (χ4n) is 2.16. The van der Waals surface area contributed by atoms with Crippen molar-refractivity contribution in [1.82, 2.24) is 4.98 Å². The molecule has 1 heterocycles. The van der Waals surface area contributed by atoms with Gasteiger partial charge in [0, 0.05) is 6.07 Å². The Balaban J connectivity index is 1.99. The topological polar surface area (TPSA) is 42.4 Å². The van der Waals surface area contributed by atoms with E-state index < -0.39 is 0 Å². The fourth-order valence-corrected chi connectivity index (χ4v) is 2.32. The number of halogens is 1. The highest BCUT2D eigenvalue weighted by Crippen LogP contribution is 2.27. The molecule has 0 amide bonds. The Hall–Kier alpha value is -0.800. The summed E-state index contributed by atoms with van der Waals surface area (Å²) in [6, 6.07) is 3.49. The van der Waals surface area contributed by atoms with E-state index in [0.29, 0.717) is 16.6 Å². The molecule has 1 aliphatic carbocycles. The summed E-state index contributed by atoms with van der Waals surface area (Å²) in [4.78, 5) is 4.20. The van der Waals surface area contributed by atoms with Crippen molar-refractivity contribution >= 4 is 11.6 Å². The van der Waals surface area contributed by atoms with Crippen LogP contribution in [0, 0.1) is 5.92 Å². The van der Waals surface area contributed by atoms with E-state index >= 15 is 0 Å². The smallest absolute Gasteiger partial charge is 0.213 e. The number of nitrogens with zero attached hydrogens (tertiary/aromatic N) is 1. The SMILES string of the molecule is CC1CCC(Oc2ccc(Cl)c(CO)n2)CC1. The zero-order valence-corrected chi connectivity index (χ0v) is 10.8. The van der Waals surface area contributed by atoms with Crippen molar-refractivity contribution < 1.29 is 9.84 Å². The highest BCUT2D eigenvalue weighted by atomic mass is 35.5. The molecule has 1 aromatic rings. The maximum Gasteiger partial charge on any atom is 0.213 e. The van der Waals surface area contributed by atoms with Crippen LogP contribution in [0.25, 0.3) is 0 Å². The Kier molecular flexibility index (Phi) is 4.24. The van der Waals surface area contributed by atoms with E-state index in [4.69, 9.17) is 21.4 Å². The third kappa shape index (κ3) is 3.33. The molecule has 0 atom stereocenters. The first kappa shape index (κ1) is 12.7. The summed E-state index contributed by atoms with van der Waals surface area (Å²) in [5.74, 6) is 1.37. The molecule has 2 rings (SSSR count). The zero-order chi connectivity index (χ0) is 12.3. The van der Waals surface area contributed by atoms with E-state index in [1.54, 1.807) is 12.1 Å². The number of aromatic nitrogens is 1. The van der Waals surface area contributed by atoms with Gasteiger partial charge in [-0.25, -0.2) is 4.98 Å². The lowest BCUT2D eigenvalue weighted by Crippen LogP contribution is -2.23. The van der Waals surface area contributed by atoms with Gasteiger partial charge in [-0.2, -0.15) is 0 Å². The van der Waals surface area contributed by atoms with Crippen LogP contribution < -0.4 is 4.74 Å². The van der Waals surface area contributed by atoms with Crippen LogP contribution >= 0.6 is 11.6 Å². The van der Waals surface area contributed by atoms with Crippen molar-refractivity contribution in [3.63, 3.8) is 0 Å². The Morgan fingerprint density at radius 3 is 2.71 bits per heavy atom. The normalized spacial score (nSPS) is 24.6. The number of ether oxygens (including phenoxy) is 1. The third-order valence-electron chi connectivity index (χ3n) is 3.29. The minimum atomic E-state index is -0.155. The molecular formula is C13H18ClNO2. The molecule has 0 aromatic carbocycles. The second-order valence-electron chi connectivity index (χ2n) is 4.74. The number of aliphatic hydroxyl groups is 1. The van der Waals surface area contributed by atoms with E-state index in [0.717, 1.165) is 18.8 Å². The first-order valence-corrected chi connectivity index (χ1v) is 6.49. The first-order chi connectivity index (χ1) is 8.19. The Morgan fingerprint density at radius 2 is 2.06 bits per heavy atom. The van der Waals surface area contributed by atoms with Gasteiger partial charge in [0.2, 0.25) is 5.88 Å². The second kappa shape index (κ2) is 5.69. The molecule has 0 aliphatic heterocycles. The van der Waals surface area contributed by atoms with E-state index in [9.17, 15) is 0 Å². The molecule has 17 heavy (non-hydrogen) atoms. The van der Waals surface area contributed by atoms with Crippen LogP contribution in [0.4, 0.5) is 0 Å². The quantitative estimate of drug-likeness (QED) is 0.902. The van der Waals surface area contributed by atoms with Gasteiger partial charge in [0.15, 0.2) is 0 Å². The maximum atomic E-state index is 9.08. The molecule has 1 aromatic heterocycles. The van der Waals surface area contributed by atoms with Gasteiger partial charge in [-0.3, -0.25) is 0 Å². The minimum Gasteiger partial charge on any atom is -0.474 e. The molecule has 4 heteroatoms. The van der Waals surface area contributed by atoms with Crippen LogP contribution in [0.5, 0.6) is 5.88 Å². The summed E-state index contributed by atoms with van der Waals surface area (Å²) in [5, 5.41) is 9.56. The van der Waals surface area contributed by atoms with Crippen molar-refractivity contribution in [2.75, 3.05) is 0 Å². The van der Waals surface area contributed by atoms with Crippen LogP contribution in [0.2, 0.25) is 5.02 Å². The average Bonchev–Trinajstić information content (AvgIpc) is 2.34. The molecule has 0 spiro atoms. The summed E-state index contributed by atoms with van der Waals surface area (Å²) in [6.45, 7) is 2.12. The molecule has 3 nitrogen and oxygen atoms in total. The van der Waals surface area contributed by atoms with Gasteiger partial charge in [0.05, 0.1) is 17.3 Å². The average molecular weight is 256 g/mol. The molecule has 1 aliphatic rings. The van der Waals surface area contributed by atoms with Crippen LogP contribution in [0.1, 0.15) is 38.3 Å². The van der Waals surface area contributed by atoms with Crippen molar-refractivity contribution in [1.29, 1.82) is 0 Å². The molecular weight excluding hydrogens is 238 g/mol. The van der Waals surface area contributed by atoms with Gasteiger partial charge in [-0.1, -0.05) is 18.5 Å². The van der Waals surface area contributed by atoms with E-state index in [1.165, 1.54) is 12.8 Å². The van der Waals surface area contributed by atoms with Crippen molar-refractivity contribution in [3.8, 4) is 5.88 Å². The van der Waals surface area contributed by atoms with E-state index in [2.05, 4.69) is 11.9 Å². The van der Waals surface area contributed by atoms with Gasteiger partial charge in [-0.15, -0.1) is 0 Å². The number of pyridine rings is 1. The summed E-state index contributed by atoms with van der Waals surface area (Å²) in [7, 11) is 0. The highest BCUT2D eigenvalue weighted by molar-refractivity contribution is 6.31. The lowest BCUT2D eigenvalue weighted by Gasteiger charge is -2.26. The van der Waals surface area contributed by atoms with Crippen LogP contribution in [0.15, 0.2) is 12.1 Å². The minimum absolute atomic E-state index is 0.155. The number of hydrogen-bond acceptors (Lipinski definition) is 3. The first-order valence-electron chi connectivity index (χ1n) is 6.12. The molecule has 1 N–H and O–H groups in total. The number of hydrogen-bond donors (Lipinski definition) is 1. The van der Waals surface area contributed by atoms with Gasteiger partial charge >= 0.3 is 0 Å². The highest BCUT2D eigenvalue weighted by Gasteiger charge is 2.20. The van der Waals surface area contributed by atoms with Crippen molar-refractivity contribution in [3.05, 3.63) is 22.8 Å². The van der Waals surface area contributed by atoms with Crippen LogP contribution in [-0.2, 0) is 6.61 Å². The summed E-state index contributed by atoms with van der Waals surface area (Å²) >= 11 is 5.88. The van der Waals surface area contributed by atoms with Gasteiger partial charge in [-0.05, 0) is 37.7 Å². The summed E-state index contributed by atoms with van der Waals surface area (Å²) in [5.41, 5.74) is 0.480. The number of rotatable bonds is 3. The van der Waals surface area contributed by atoms with Crippen LogP contribution in [0.3, 0.4) is 0 Å². The zero-order valence-electron chi connectivity index (χ0n) is 10.0. The lowest BCUT2D eigenvalue weighted by molar-refractivity contribution is 0.129. The summed E-state index contributed by atoms with van der Waals surface area (Å²) in [6.07, 6.45) is 4.85. The molecule has 0 radical (unpaired) electrons. The van der Waals surface area contributed by atoms with Crippen LogP contribution in [-0.4, -0.2) is 16.2 Å². The lowest BCUT2D eigenvalue weighted by atomic mass is 9.89. The predicted molar refractivity (Wildman–Crippen MR) is 67.2 cm³/mol.